The minimum absolute atomic E-state index is 0.0270. The minimum Gasteiger partial charge on any atom is -0.495 e. The SMILES string of the molecule is COc1ccccc1NC(=O)[C@H](C)N1C[C@H](C)O[C@@H](C)C1. The Kier molecular flexibility index (Phi) is 5.20. The van der Waals surface area contributed by atoms with Gasteiger partial charge >= 0.3 is 0 Å². The number of para-hydroxylation sites is 2. The first-order valence-electron chi connectivity index (χ1n) is 7.34. The number of carbonyl (C=O) groups is 1. The number of anilines is 1. The molecular weight excluding hydrogens is 268 g/mol. The third-order valence-electron chi connectivity index (χ3n) is 3.74. The molecule has 0 aliphatic carbocycles. The molecular formula is C16H24N2O3. The lowest BCUT2D eigenvalue weighted by atomic mass is 10.1. The Bertz CT molecular complexity index is 482. The van der Waals surface area contributed by atoms with E-state index < -0.39 is 0 Å². The van der Waals surface area contributed by atoms with Crippen LogP contribution < -0.4 is 10.1 Å². The molecule has 1 heterocycles. The molecule has 0 saturated carbocycles. The van der Waals surface area contributed by atoms with Crippen LogP contribution in [-0.2, 0) is 9.53 Å². The van der Waals surface area contributed by atoms with Crippen LogP contribution in [0.15, 0.2) is 24.3 Å². The van der Waals surface area contributed by atoms with Crippen LogP contribution in [0.3, 0.4) is 0 Å². The molecule has 5 nitrogen and oxygen atoms in total. The summed E-state index contributed by atoms with van der Waals surface area (Å²) < 4.78 is 11.0. The second-order valence-corrected chi connectivity index (χ2v) is 5.58. The van der Waals surface area contributed by atoms with Gasteiger partial charge in [0.25, 0.3) is 0 Å². The van der Waals surface area contributed by atoms with Crippen molar-refractivity contribution in [2.24, 2.45) is 0 Å². The third kappa shape index (κ3) is 3.95. The molecule has 5 heteroatoms. The fourth-order valence-electron chi connectivity index (χ4n) is 2.68. The van der Waals surface area contributed by atoms with Crippen LogP contribution in [-0.4, -0.2) is 49.3 Å². The summed E-state index contributed by atoms with van der Waals surface area (Å²) in [5, 5.41) is 2.94. The van der Waals surface area contributed by atoms with E-state index in [0.717, 1.165) is 13.1 Å². The number of nitrogens with one attached hydrogen (secondary N) is 1. The van der Waals surface area contributed by atoms with E-state index in [1.165, 1.54) is 0 Å². The molecule has 116 valence electrons. The number of methoxy groups -OCH3 is 1. The first kappa shape index (κ1) is 15.8. The number of benzene rings is 1. The average Bonchev–Trinajstić information content (AvgIpc) is 2.46. The fourth-order valence-corrected chi connectivity index (χ4v) is 2.68. The van der Waals surface area contributed by atoms with E-state index in [2.05, 4.69) is 10.2 Å². The van der Waals surface area contributed by atoms with Gasteiger partial charge in [-0.05, 0) is 32.9 Å². The Balaban J connectivity index is 2.02. The highest BCUT2D eigenvalue weighted by Crippen LogP contribution is 2.23. The first-order valence-corrected chi connectivity index (χ1v) is 7.34. The number of nitrogens with zero attached hydrogens (tertiary/aromatic N) is 1. The van der Waals surface area contributed by atoms with Crippen molar-refractivity contribution in [2.45, 2.75) is 39.0 Å². The smallest absolute Gasteiger partial charge is 0.241 e. The summed E-state index contributed by atoms with van der Waals surface area (Å²) in [6, 6.07) is 7.22. The minimum atomic E-state index is -0.205. The van der Waals surface area contributed by atoms with Crippen LogP contribution in [0, 0.1) is 0 Å². The zero-order valence-corrected chi connectivity index (χ0v) is 13.1. The Labute approximate surface area is 126 Å². The van der Waals surface area contributed by atoms with E-state index in [-0.39, 0.29) is 24.2 Å². The summed E-state index contributed by atoms with van der Waals surface area (Å²) in [5.41, 5.74) is 0.700. The van der Waals surface area contributed by atoms with E-state index in [0.29, 0.717) is 11.4 Å². The van der Waals surface area contributed by atoms with Crippen molar-refractivity contribution in [3.8, 4) is 5.75 Å². The van der Waals surface area contributed by atoms with Gasteiger partial charge in [-0.2, -0.15) is 0 Å². The highest BCUT2D eigenvalue weighted by molar-refractivity contribution is 5.95. The molecule has 3 atom stereocenters. The van der Waals surface area contributed by atoms with Crippen molar-refractivity contribution in [1.29, 1.82) is 0 Å². The van der Waals surface area contributed by atoms with Crippen LogP contribution in [0.4, 0.5) is 5.69 Å². The van der Waals surface area contributed by atoms with Crippen molar-refractivity contribution in [3.05, 3.63) is 24.3 Å². The lowest BCUT2D eigenvalue weighted by molar-refractivity contribution is -0.126. The summed E-state index contributed by atoms with van der Waals surface area (Å²) in [4.78, 5) is 14.6. The second kappa shape index (κ2) is 6.91. The van der Waals surface area contributed by atoms with Crippen molar-refractivity contribution in [3.63, 3.8) is 0 Å². The molecule has 1 saturated heterocycles. The highest BCUT2D eigenvalue weighted by atomic mass is 16.5. The average molecular weight is 292 g/mol. The summed E-state index contributed by atoms with van der Waals surface area (Å²) in [6.45, 7) is 7.53. The zero-order valence-electron chi connectivity index (χ0n) is 13.1. The molecule has 1 aliphatic rings. The molecule has 1 N–H and O–H groups in total. The molecule has 2 rings (SSSR count). The van der Waals surface area contributed by atoms with Gasteiger partial charge in [-0.15, -0.1) is 0 Å². The number of morpholine rings is 1. The summed E-state index contributed by atoms with van der Waals surface area (Å²) >= 11 is 0. The van der Waals surface area contributed by atoms with Gasteiger partial charge in [0.2, 0.25) is 5.91 Å². The second-order valence-electron chi connectivity index (χ2n) is 5.58. The van der Waals surface area contributed by atoms with E-state index in [4.69, 9.17) is 9.47 Å². The maximum Gasteiger partial charge on any atom is 0.241 e. The maximum atomic E-state index is 12.4. The zero-order chi connectivity index (χ0) is 15.4. The molecule has 0 spiro atoms. The van der Waals surface area contributed by atoms with E-state index in [9.17, 15) is 4.79 Å². The van der Waals surface area contributed by atoms with Crippen molar-refractivity contribution >= 4 is 11.6 Å². The Morgan fingerprint density at radius 1 is 1.33 bits per heavy atom. The number of carbonyl (C=O) groups excluding carboxylic acids is 1. The van der Waals surface area contributed by atoms with Gasteiger partial charge in [0.15, 0.2) is 0 Å². The Morgan fingerprint density at radius 3 is 2.57 bits per heavy atom. The monoisotopic (exact) mass is 292 g/mol. The molecule has 1 fully saturated rings. The van der Waals surface area contributed by atoms with Gasteiger partial charge in [0.05, 0.1) is 31.0 Å². The molecule has 21 heavy (non-hydrogen) atoms. The van der Waals surface area contributed by atoms with Crippen molar-refractivity contribution in [2.75, 3.05) is 25.5 Å². The van der Waals surface area contributed by atoms with Crippen LogP contribution in [0.25, 0.3) is 0 Å². The highest BCUT2D eigenvalue weighted by Gasteiger charge is 2.29. The largest absolute Gasteiger partial charge is 0.495 e. The number of rotatable bonds is 4. The normalized spacial score (nSPS) is 24.4. The van der Waals surface area contributed by atoms with Gasteiger partial charge in [0.1, 0.15) is 5.75 Å². The van der Waals surface area contributed by atoms with E-state index >= 15 is 0 Å². The summed E-state index contributed by atoms with van der Waals surface area (Å²) in [6.07, 6.45) is 0.297. The van der Waals surface area contributed by atoms with Crippen LogP contribution in [0.5, 0.6) is 5.75 Å². The van der Waals surface area contributed by atoms with Gasteiger partial charge in [-0.3, -0.25) is 9.69 Å². The first-order chi connectivity index (χ1) is 10.0. The molecule has 1 aromatic rings. The number of ether oxygens (including phenoxy) is 2. The molecule has 0 aromatic heterocycles. The number of amides is 1. The standard InChI is InChI=1S/C16H24N2O3/c1-11-9-18(10-12(2)21-11)13(3)16(19)17-14-7-5-6-8-15(14)20-4/h5-8,11-13H,9-10H2,1-4H3,(H,17,19)/t11-,12-,13-/m0/s1. The van der Waals surface area contributed by atoms with Gasteiger partial charge in [-0.25, -0.2) is 0 Å². The third-order valence-corrected chi connectivity index (χ3v) is 3.74. The van der Waals surface area contributed by atoms with E-state index in [1.807, 2.05) is 45.0 Å². The maximum absolute atomic E-state index is 12.4. The lowest BCUT2D eigenvalue weighted by Gasteiger charge is -2.38. The fraction of sp³-hybridized carbons (Fsp3) is 0.562. The molecule has 0 bridgehead atoms. The number of hydrogen-bond donors (Lipinski definition) is 1. The summed E-state index contributed by atoms with van der Waals surface area (Å²) in [5.74, 6) is 0.641. The Morgan fingerprint density at radius 2 is 1.95 bits per heavy atom. The molecule has 0 unspecified atom stereocenters. The molecule has 0 radical (unpaired) electrons. The van der Waals surface area contributed by atoms with Crippen molar-refractivity contribution < 1.29 is 14.3 Å². The Hall–Kier alpha value is -1.59. The topological polar surface area (TPSA) is 50.8 Å². The quantitative estimate of drug-likeness (QED) is 0.923. The van der Waals surface area contributed by atoms with Crippen LogP contribution in [0.2, 0.25) is 0 Å². The van der Waals surface area contributed by atoms with Gasteiger partial charge in [0, 0.05) is 13.1 Å². The van der Waals surface area contributed by atoms with Crippen LogP contribution >= 0.6 is 0 Å². The molecule has 1 aromatic carbocycles. The number of hydrogen-bond acceptors (Lipinski definition) is 4. The van der Waals surface area contributed by atoms with Gasteiger partial charge in [-0.1, -0.05) is 12.1 Å². The molecule has 1 amide bonds. The van der Waals surface area contributed by atoms with Gasteiger partial charge < -0.3 is 14.8 Å². The molecule has 1 aliphatic heterocycles. The predicted octanol–water partition coefficient (Wildman–Crippen LogP) is 2.13. The summed E-state index contributed by atoms with van der Waals surface area (Å²) in [7, 11) is 1.60. The van der Waals surface area contributed by atoms with E-state index in [1.54, 1.807) is 7.11 Å². The lowest BCUT2D eigenvalue weighted by Crippen LogP contribution is -2.52. The predicted molar refractivity (Wildman–Crippen MR) is 82.7 cm³/mol. The van der Waals surface area contributed by atoms with Crippen molar-refractivity contribution in [1.82, 2.24) is 4.90 Å². The van der Waals surface area contributed by atoms with Crippen LogP contribution in [0.1, 0.15) is 20.8 Å².